The topological polar surface area (TPSA) is 23.8 Å². The van der Waals surface area contributed by atoms with Crippen molar-refractivity contribution < 1.29 is 0 Å². The van der Waals surface area contributed by atoms with E-state index < -0.39 is 18.4 Å². The fourth-order valence-corrected chi connectivity index (χ4v) is 33.2. The molecule has 43 heavy (non-hydrogen) atoms. The van der Waals surface area contributed by atoms with E-state index in [0.29, 0.717) is 9.85 Å². The summed E-state index contributed by atoms with van der Waals surface area (Å²) in [6.07, 6.45) is 8.87. The van der Waals surface area contributed by atoms with Crippen molar-refractivity contribution >= 4 is 18.4 Å². The van der Waals surface area contributed by atoms with E-state index in [1.165, 1.54) is 55.7 Å². The summed E-state index contributed by atoms with van der Waals surface area (Å²) in [7, 11) is 0. The van der Waals surface area contributed by atoms with Gasteiger partial charge in [-0.15, -0.1) is 0 Å². The molecule has 0 radical (unpaired) electrons. The summed E-state index contributed by atoms with van der Waals surface area (Å²) < 4.78 is 4.43. The molecule has 0 aromatic heterocycles. The molecule has 3 atom stereocenters. The number of benzene rings is 3. The van der Waals surface area contributed by atoms with Crippen LogP contribution in [0.5, 0.6) is 0 Å². The van der Waals surface area contributed by atoms with Gasteiger partial charge in [-0.25, -0.2) is 0 Å². The number of nitrogens with zero attached hydrogens (tertiary/aromatic N) is 1. The maximum absolute atomic E-state index is 10.6. The molecule has 3 aromatic carbocycles. The van der Waals surface area contributed by atoms with E-state index in [1.807, 2.05) is 0 Å². The quantitative estimate of drug-likeness (QED) is 0.155. The molecule has 0 aliphatic heterocycles. The normalized spacial score (nSPS) is 21.4. The van der Waals surface area contributed by atoms with Crippen molar-refractivity contribution in [3.63, 3.8) is 0 Å². The molecular formula is C41H53NSn. The second kappa shape index (κ2) is 13.0. The van der Waals surface area contributed by atoms with E-state index in [4.69, 9.17) is 0 Å². The Kier molecular flexibility index (Phi) is 9.68. The van der Waals surface area contributed by atoms with Gasteiger partial charge in [0.05, 0.1) is 0 Å². The van der Waals surface area contributed by atoms with Crippen LogP contribution in [0.2, 0.25) is 17.2 Å². The summed E-state index contributed by atoms with van der Waals surface area (Å²) >= 11 is -3.33. The Hall–Kier alpha value is -2.31. The first-order valence-corrected chi connectivity index (χ1v) is 24.4. The van der Waals surface area contributed by atoms with Gasteiger partial charge >= 0.3 is 268 Å². The van der Waals surface area contributed by atoms with Crippen LogP contribution < -0.4 is 0 Å². The van der Waals surface area contributed by atoms with Gasteiger partial charge in [-0.3, -0.25) is 0 Å². The van der Waals surface area contributed by atoms with Gasteiger partial charge < -0.3 is 0 Å². The van der Waals surface area contributed by atoms with Gasteiger partial charge in [0.2, 0.25) is 0 Å². The second-order valence-corrected chi connectivity index (χ2v) is 28.7. The fraction of sp³-hybridized carbons (Fsp3) is 0.488. The SMILES string of the molecule is CC(C)([CH2][Sn]([CH2]C(C)(C)c1ccccc1)([CH2]C(C)(C)c1ccccc1)[C@@H]1C=C2CCCCC2[C@@H](C#N)C1)c1ccccc1. The first kappa shape index (κ1) is 32.1. The van der Waals surface area contributed by atoms with Gasteiger partial charge in [-0.2, -0.15) is 0 Å². The third kappa shape index (κ3) is 7.17. The molecule has 5 rings (SSSR count). The van der Waals surface area contributed by atoms with Crippen molar-refractivity contribution in [3.05, 3.63) is 119 Å². The van der Waals surface area contributed by atoms with Crippen molar-refractivity contribution in [1.82, 2.24) is 0 Å². The summed E-state index contributed by atoms with van der Waals surface area (Å²) in [5.41, 5.74) is 6.23. The molecule has 2 heteroatoms. The molecule has 3 aromatic rings. The number of fused-ring (bicyclic) bond motifs is 1. The average molecular weight is 679 g/mol. The van der Waals surface area contributed by atoms with Crippen LogP contribution in [0.25, 0.3) is 0 Å². The zero-order chi connectivity index (χ0) is 30.7. The van der Waals surface area contributed by atoms with Gasteiger partial charge in [-0.05, 0) is 0 Å². The van der Waals surface area contributed by atoms with Crippen LogP contribution in [-0.2, 0) is 16.2 Å². The molecule has 0 saturated heterocycles. The summed E-state index contributed by atoms with van der Waals surface area (Å²) in [5.74, 6) is 0.659. The van der Waals surface area contributed by atoms with Crippen LogP contribution in [0.1, 0.15) is 90.3 Å². The zero-order valence-corrected chi connectivity index (χ0v) is 30.4. The predicted molar refractivity (Wildman–Crippen MR) is 186 cm³/mol. The van der Waals surface area contributed by atoms with Gasteiger partial charge in [0.25, 0.3) is 0 Å². The second-order valence-electron chi connectivity index (χ2n) is 15.8. The molecule has 2 aliphatic rings. The number of hydrogen-bond donors (Lipinski definition) is 0. The van der Waals surface area contributed by atoms with Gasteiger partial charge in [0.15, 0.2) is 0 Å². The van der Waals surface area contributed by atoms with Gasteiger partial charge in [-0.1, -0.05) is 0 Å². The minimum absolute atomic E-state index is 0.0704. The van der Waals surface area contributed by atoms with E-state index >= 15 is 0 Å². The van der Waals surface area contributed by atoms with E-state index in [0.717, 1.165) is 6.42 Å². The monoisotopic (exact) mass is 679 g/mol. The van der Waals surface area contributed by atoms with Crippen molar-refractivity contribution in [2.24, 2.45) is 11.8 Å². The molecule has 0 N–H and O–H groups in total. The molecule has 0 amide bonds. The summed E-state index contributed by atoms with van der Waals surface area (Å²) in [4.78, 5) is 0. The van der Waals surface area contributed by atoms with Gasteiger partial charge in [0.1, 0.15) is 0 Å². The molecule has 226 valence electrons. The fourth-order valence-electron chi connectivity index (χ4n) is 9.26. The Morgan fingerprint density at radius 3 is 1.47 bits per heavy atom. The zero-order valence-electron chi connectivity index (χ0n) is 27.6. The Labute approximate surface area is 266 Å². The molecule has 0 bridgehead atoms. The first-order chi connectivity index (χ1) is 20.5. The van der Waals surface area contributed by atoms with Crippen LogP contribution >= 0.6 is 0 Å². The first-order valence-electron chi connectivity index (χ1n) is 16.7. The van der Waals surface area contributed by atoms with E-state index in [1.54, 1.807) is 5.57 Å². The van der Waals surface area contributed by atoms with Crippen LogP contribution in [0.4, 0.5) is 0 Å². The summed E-state index contributed by atoms with van der Waals surface area (Å²) in [5, 5.41) is 10.6. The van der Waals surface area contributed by atoms with E-state index in [2.05, 4.69) is 145 Å². The van der Waals surface area contributed by atoms with Crippen LogP contribution in [0.3, 0.4) is 0 Å². The average Bonchev–Trinajstić information content (AvgIpc) is 3.01. The standard InChI is InChI=1S/C11H14N.3C10H13.Sn/c12-8-10-6-3-5-9-4-1-2-7-11(9)10;3*1-10(2,3)9-7-5-4-6-8-9;/h3,5,10-11H,1-2,4,6-7H2;3*4-8H,1H2,2-3H3;/t10-,11?;;;;/m1..../s1. The van der Waals surface area contributed by atoms with Crippen LogP contribution in [0, 0.1) is 23.2 Å². The third-order valence-electron chi connectivity index (χ3n) is 11.1. The minimum atomic E-state index is -3.33. The molecule has 1 saturated carbocycles. The third-order valence-corrected chi connectivity index (χ3v) is 30.4. The van der Waals surface area contributed by atoms with E-state index in [9.17, 15) is 5.26 Å². The van der Waals surface area contributed by atoms with Crippen LogP contribution in [0.15, 0.2) is 103 Å². The Morgan fingerprint density at radius 2 is 1.07 bits per heavy atom. The van der Waals surface area contributed by atoms with Crippen molar-refractivity contribution in [2.45, 2.75) is 107 Å². The van der Waals surface area contributed by atoms with Crippen molar-refractivity contribution in [1.29, 1.82) is 5.26 Å². The van der Waals surface area contributed by atoms with E-state index in [-0.39, 0.29) is 22.2 Å². The Morgan fingerprint density at radius 1 is 0.651 bits per heavy atom. The molecular weight excluding hydrogens is 625 g/mol. The number of hydrogen-bond acceptors (Lipinski definition) is 1. The molecule has 1 unspecified atom stereocenters. The molecule has 1 nitrogen and oxygen atoms in total. The van der Waals surface area contributed by atoms with Crippen molar-refractivity contribution in [2.75, 3.05) is 0 Å². The molecule has 2 aliphatic carbocycles. The van der Waals surface area contributed by atoms with Gasteiger partial charge in [0, 0.05) is 0 Å². The van der Waals surface area contributed by atoms with Crippen LogP contribution in [-0.4, -0.2) is 18.4 Å². The summed E-state index contributed by atoms with van der Waals surface area (Å²) in [6, 6.07) is 36.8. The predicted octanol–water partition coefficient (Wildman–Crippen LogP) is 11.4. The Bertz CT molecular complexity index is 1280. The number of rotatable bonds is 10. The maximum atomic E-state index is 10.6. The number of allylic oxidation sites excluding steroid dienone is 2. The Balaban J connectivity index is 1.70. The van der Waals surface area contributed by atoms with Crippen molar-refractivity contribution in [3.8, 4) is 6.07 Å². The number of nitriles is 1. The summed E-state index contributed by atoms with van der Waals surface area (Å²) in [6.45, 7) is 15.1. The molecule has 1 fully saturated rings. The molecule has 0 spiro atoms. The molecule has 0 heterocycles.